The van der Waals surface area contributed by atoms with E-state index in [-0.39, 0.29) is 16.8 Å². The molecule has 0 aliphatic rings. The molecule has 0 radical (unpaired) electrons. The number of carbonyl (C=O) groups excluding carboxylic acids is 1. The second-order valence-electron chi connectivity index (χ2n) is 4.86. The third-order valence-corrected chi connectivity index (χ3v) is 5.71. The topological polar surface area (TPSA) is 54.5 Å². The predicted octanol–water partition coefficient (Wildman–Crippen LogP) is 3.95. The maximum absolute atomic E-state index is 12.7. The van der Waals surface area contributed by atoms with Gasteiger partial charge in [-0.2, -0.15) is 0 Å². The molecule has 0 N–H and O–H groups in total. The van der Waals surface area contributed by atoms with E-state index in [1.165, 1.54) is 12.1 Å². The van der Waals surface area contributed by atoms with Gasteiger partial charge in [-0.25, -0.2) is 8.42 Å². The SMILES string of the molecule is CCC(C)N(CC)C(=O)c1cc(S(=O)(=O)Cl)cc(Br)c1C. The molecule has 0 aromatic heterocycles. The standard InChI is InChI=1S/C14H19BrClNO3S/c1-5-9(3)17(6-2)14(18)12-7-11(21(16,19)20)8-13(15)10(12)4/h7-9H,5-6H2,1-4H3. The van der Waals surface area contributed by atoms with Crippen LogP contribution in [0.25, 0.3) is 0 Å². The molecule has 1 unspecified atom stereocenters. The highest BCUT2D eigenvalue weighted by atomic mass is 79.9. The molecule has 118 valence electrons. The fourth-order valence-electron chi connectivity index (χ4n) is 2.05. The van der Waals surface area contributed by atoms with Gasteiger partial charge in [0.15, 0.2) is 0 Å². The monoisotopic (exact) mass is 395 g/mol. The summed E-state index contributed by atoms with van der Waals surface area (Å²) in [5, 5.41) is 0. The van der Waals surface area contributed by atoms with Gasteiger partial charge in [0, 0.05) is 33.3 Å². The molecule has 7 heteroatoms. The van der Waals surface area contributed by atoms with E-state index in [9.17, 15) is 13.2 Å². The highest BCUT2D eigenvalue weighted by Gasteiger charge is 2.24. The van der Waals surface area contributed by atoms with Crippen LogP contribution in [-0.4, -0.2) is 31.8 Å². The molecule has 4 nitrogen and oxygen atoms in total. The number of amides is 1. The van der Waals surface area contributed by atoms with Gasteiger partial charge in [0.05, 0.1) is 4.90 Å². The molecule has 0 saturated carbocycles. The van der Waals surface area contributed by atoms with Crippen LogP contribution in [0.15, 0.2) is 21.5 Å². The molecule has 0 aliphatic carbocycles. The van der Waals surface area contributed by atoms with E-state index in [0.717, 1.165) is 6.42 Å². The minimum absolute atomic E-state index is 0.0785. The maximum atomic E-state index is 12.7. The fraction of sp³-hybridized carbons (Fsp3) is 0.500. The van der Waals surface area contributed by atoms with Crippen LogP contribution in [0.1, 0.15) is 43.1 Å². The summed E-state index contributed by atoms with van der Waals surface area (Å²) in [7, 11) is 1.50. The quantitative estimate of drug-likeness (QED) is 0.708. The number of halogens is 2. The number of nitrogens with zero attached hydrogens (tertiary/aromatic N) is 1. The highest BCUT2D eigenvalue weighted by molar-refractivity contribution is 9.10. The van der Waals surface area contributed by atoms with Crippen LogP contribution in [0, 0.1) is 6.92 Å². The molecule has 0 spiro atoms. The first kappa shape index (κ1) is 18.5. The molecule has 1 aromatic carbocycles. The largest absolute Gasteiger partial charge is 0.336 e. The third-order valence-electron chi connectivity index (χ3n) is 3.55. The minimum atomic E-state index is -3.88. The van der Waals surface area contributed by atoms with Crippen molar-refractivity contribution in [2.45, 2.75) is 45.1 Å². The lowest BCUT2D eigenvalue weighted by Crippen LogP contribution is -2.38. The lowest BCUT2D eigenvalue weighted by molar-refractivity contribution is 0.0699. The molecule has 21 heavy (non-hydrogen) atoms. The van der Waals surface area contributed by atoms with E-state index in [0.29, 0.717) is 22.1 Å². The zero-order chi connectivity index (χ0) is 16.4. The summed E-state index contributed by atoms with van der Waals surface area (Å²) in [6.07, 6.45) is 0.827. The molecule has 1 aromatic rings. The average Bonchev–Trinajstić information content (AvgIpc) is 2.40. The van der Waals surface area contributed by atoms with Crippen molar-refractivity contribution in [3.8, 4) is 0 Å². The van der Waals surface area contributed by atoms with Crippen molar-refractivity contribution in [1.29, 1.82) is 0 Å². The molecular formula is C14H19BrClNO3S. The van der Waals surface area contributed by atoms with Crippen molar-refractivity contribution in [1.82, 2.24) is 4.90 Å². The highest BCUT2D eigenvalue weighted by Crippen LogP contribution is 2.28. The van der Waals surface area contributed by atoms with Gasteiger partial charge < -0.3 is 4.90 Å². The predicted molar refractivity (Wildman–Crippen MR) is 88.4 cm³/mol. The van der Waals surface area contributed by atoms with E-state index in [1.807, 2.05) is 20.8 Å². The Hall–Kier alpha value is -0.590. The Morgan fingerprint density at radius 3 is 2.38 bits per heavy atom. The molecule has 0 saturated heterocycles. The van der Waals surface area contributed by atoms with Crippen molar-refractivity contribution in [2.24, 2.45) is 0 Å². The fourth-order valence-corrected chi connectivity index (χ4v) is 3.44. The third kappa shape index (κ3) is 4.20. The van der Waals surface area contributed by atoms with Crippen LogP contribution < -0.4 is 0 Å². The van der Waals surface area contributed by atoms with Crippen molar-refractivity contribution < 1.29 is 13.2 Å². The van der Waals surface area contributed by atoms with Crippen LogP contribution in [-0.2, 0) is 9.05 Å². The minimum Gasteiger partial charge on any atom is -0.336 e. The van der Waals surface area contributed by atoms with Crippen LogP contribution >= 0.6 is 26.6 Å². The van der Waals surface area contributed by atoms with Crippen molar-refractivity contribution in [3.05, 3.63) is 27.7 Å². The first-order valence-electron chi connectivity index (χ1n) is 6.69. The van der Waals surface area contributed by atoms with Crippen molar-refractivity contribution in [3.63, 3.8) is 0 Å². The Morgan fingerprint density at radius 1 is 1.38 bits per heavy atom. The van der Waals surface area contributed by atoms with Gasteiger partial charge in [0.1, 0.15) is 0 Å². The summed E-state index contributed by atoms with van der Waals surface area (Å²) in [5.74, 6) is -0.188. The molecule has 1 amide bonds. The molecule has 0 bridgehead atoms. The van der Waals surface area contributed by atoms with Gasteiger partial charge >= 0.3 is 0 Å². The van der Waals surface area contributed by atoms with Crippen LogP contribution in [0.5, 0.6) is 0 Å². The first-order valence-corrected chi connectivity index (χ1v) is 9.79. The summed E-state index contributed by atoms with van der Waals surface area (Å²) in [4.78, 5) is 14.3. The Morgan fingerprint density at radius 2 is 1.95 bits per heavy atom. The normalized spacial score (nSPS) is 13.0. The van der Waals surface area contributed by atoms with Gasteiger partial charge in [0.2, 0.25) is 0 Å². The number of carbonyl (C=O) groups is 1. The maximum Gasteiger partial charge on any atom is 0.261 e. The zero-order valence-electron chi connectivity index (χ0n) is 12.5. The number of rotatable bonds is 5. The summed E-state index contributed by atoms with van der Waals surface area (Å²) in [6.45, 7) is 8.20. The van der Waals surface area contributed by atoms with Gasteiger partial charge in [0.25, 0.3) is 15.0 Å². The Bertz CT molecular complexity index is 646. The summed E-state index contributed by atoms with van der Waals surface area (Å²) in [5.41, 5.74) is 1.05. The number of hydrogen-bond donors (Lipinski definition) is 0. The first-order chi connectivity index (χ1) is 9.63. The number of hydrogen-bond acceptors (Lipinski definition) is 3. The summed E-state index contributed by atoms with van der Waals surface area (Å²) in [6, 6.07) is 2.83. The van der Waals surface area contributed by atoms with Gasteiger partial charge in [-0.05, 0) is 44.9 Å². The van der Waals surface area contributed by atoms with Gasteiger partial charge in [-0.1, -0.05) is 22.9 Å². The Labute approximate surface area is 139 Å². The summed E-state index contributed by atoms with van der Waals surface area (Å²) < 4.78 is 23.6. The lowest BCUT2D eigenvalue weighted by atomic mass is 10.1. The number of benzene rings is 1. The molecule has 0 fully saturated rings. The lowest BCUT2D eigenvalue weighted by Gasteiger charge is -2.28. The van der Waals surface area contributed by atoms with Crippen LogP contribution in [0.4, 0.5) is 0 Å². The van der Waals surface area contributed by atoms with E-state index >= 15 is 0 Å². The van der Waals surface area contributed by atoms with Gasteiger partial charge in [-0.15, -0.1) is 0 Å². The molecule has 0 aliphatic heterocycles. The van der Waals surface area contributed by atoms with E-state index in [4.69, 9.17) is 10.7 Å². The Balaban J connectivity index is 3.42. The van der Waals surface area contributed by atoms with E-state index in [1.54, 1.807) is 11.8 Å². The summed E-state index contributed by atoms with van der Waals surface area (Å²) >= 11 is 3.29. The van der Waals surface area contributed by atoms with Crippen molar-refractivity contribution in [2.75, 3.05) is 6.54 Å². The Kier molecular flexibility index (Phi) is 6.25. The molecule has 1 atom stereocenters. The molecule has 1 rings (SSSR count). The molecular weight excluding hydrogens is 378 g/mol. The average molecular weight is 397 g/mol. The van der Waals surface area contributed by atoms with Crippen LogP contribution in [0.3, 0.4) is 0 Å². The zero-order valence-corrected chi connectivity index (χ0v) is 15.6. The van der Waals surface area contributed by atoms with Crippen molar-refractivity contribution >= 4 is 41.6 Å². The molecule has 0 heterocycles. The van der Waals surface area contributed by atoms with Gasteiger partial charge in [-0.3, -0.25) is 4.79 Å². The van der Waals surface area contributed by atoms with E-state index < -0.39 is 9.05 Å². The second kappa shape index (κ2) is 7.11. The second-order valence-corrected chi connectivity index (χ2v) is 8.28. The van der Waals surface area contributed by atoms with E-state index in [2.05, 4.69) is 15.9 Å². The smallest absolute Gasteiger partial charge is 0.261 e. The van der Waals surface area contributed by atoms with Crippen LogP contribution in [0.2, 0.25) is 0 Å².